The van der Waals surface area contributed by atoms with Gasteiger partial charge in [0.2, 0.25) is 15.9 Å². The summed E-state index contributed by atoms with van der Waals surface area (Å²) in [5.41, 5.74) is 0. The molecule has 1 aromatic rings. The summed E-state index contributed by atoms with van der Waals surface area (Å²) in [5.74, 6) is -0.401. The fraction of sp³-hybridized carbons (Fsp3) is 0.429. The van der Waals surface area contributed by atoms with Gasteiger partial charge in [-0.3, -0.25) is 9.89 Å². The quantitative estimate of drug-likeness (QED) is 0.608. The van der Waals surface area contributed by atoms with Gasteiger partial charge in [0, 0.05) is 13.2 Å². The van der Waals surface area contributed by atoms with Gasteiger partial charge >= 0.3 is 0 Å². The summed E-state index contributed by atoms with van der Waals surface area (Å²) < 4.78 is 25.4. The smallest absolute Gasteiger partial charge is 0.244 e. The van der Waals surface area contributed by atoms with E-state index in [4.69, 9.17) is 0 Å². The lowest BCUT2D eigenvalue weighted by molar-refractivity contribution is -0.121. The zero-order chi connectivity index (χ0) is 11.5. The third kappa shape index (κ3) is 2.77. The zero-order valence-electron chi connectivity index (χ0n) is 8.31. The van der Waals surface area contributed by atoms with Crippen LogP contribution in [0.2, 0.25) is 0 Å². The topological polar surface area (TPSA) is 104 Å². The largest absolute Gasteiger partial charge is 0.358 e. The van der Waals surface area contributed by atoms with Gasteiger partial charge in [-0.25, -0.2) is 8.42 Å². The number of H-pyrrole nitrogens is 1. The van der Waals surface area contributed by atoms with Crippen molar-refractivity contribution >= 4 is 15.9 Å². The summed E-state index contributed by atoms with van der Waals surface area (Å²) >= 11 is 0. The number of amides is 1. The number of nitrogens with zero attached hydrogens (tertiary/aromatic N) is 1. The Hall–Kier alpha value is -1.41. The minimum atomic E-state index is -3.68. The van der Waals surface area contributed by atoms with Crippen LogP contribution in [0.4, 0.5) is 0 Å². The highest BCUT2D eigenvalue weighted by molar-refractivity contribution is 7.89. The number of hydrogen-bond donors (Lipinski definition) is 3. The van der Waals surface area contributed by atoms with Gasteiger partial charge in [0.05, 0.1) is 12.2 Å². The molecule has 0 bridgehead atoms. The molecule has 1 unspecified atom stereocenters. The van der Waals surface area contributed by atoms with Crippen molar-refractivity contribution in [2.45, 2.75) is 17.9 Å². The SMILES string of the molecule is CNC(=O)C(C)NS(=O)(=O)c1cn[nH]c1. The third-order valence-corrected chi connectivity index (χ3v) is 3.26. The second-order valence-corrected chi connectivity index (χ2v) is 4.61. The van der Waals surface area contributed by atoms with Crippen molar-refractivity contribution in [2.24, 2.45) is 0 Å². The number of sulfonamides is 1. The lowest BCUT2D eigenvalue weighted by Gasteiger charge is -2.11. The Bertz CT molecular complexity index is 425. The Morgan fingerprint density at radius 2 is 2.27 bits per heavy atom. The van der Waals surface area contributed by atoms with E-state index in [0.717, 1.165) is 0 Å². The van der Waals surface area contributed by atoms with Crippen LogP contribution < -0.4 is 10.0 Å². The number of carbonyl (C=O) groups is 1. The van der Waals surface area contributed by atoms with Crippen LogP contribution in [0.25, 0.3) is 0 Å². The van der Waals surface area contributed by atoms with E-state index in [1.165, 1.54) is 26.4 Å². The molecular formula is C7H12N4O3S. The van der Waals surface area contributed by atoms with Crippen LogP contribution in [0.15, 0.2) is 17.3 Å². The van der Waals surface area contributed by atoms with Crippen molar-refractivity contribution in [3.63, 3.8) is 0 Å². The van der Waals surface area contributed by atoms with Crippen LogP contribution in [-0.4, -0.2) is 37.6 Å². The molecule has 0 aromatic carbocycles. The molecule has 0 fully saturated rings. The highest BCUT2D eigenvalue weighted by atomic mass is 32.2. The first-order valence-corrected chi connectivity index (χ1v) is 5.68. The van der Waals surface area contributed by atoms with Gasteiger partial charge in [-0.2, -0.15) is 9.82 Å². The van der Waals surface area contributed by atoms with Crippen LogP contribution in [0, 0.1) is 0 Å². The summed E-state index contributed by atoms with van der Waals surface area (Å²) in [6.07, 6.45) is 2.40. The minimum Gasteiger partial charge on any atom is -0.358 e. The second-order valence-electron chi connectivity index (χ2n) is 2.89. The molecule has 0 saturated heterocycles. The fourth-order valence-electron chi connectivity index (χ4n) is 0.957. The molecule has 15 heavy (non-hydrogen) atoms. The predicted molar refractivity (Wildman–Crippen MR) is 52.4 cm³/mol. The summed E-state index contributed by atoms with van der Waals surface area (Å²) in [6, 6.07) is -0.824. The minimum absolute atomic E-state index is 0.00162. The third-order valence-electron chi connectivity index (χ3n) is 1.76. The highest BCUT2D eigenvalue weighted by Gasteiger charge is 2.21. The number of likely N-dealkylation sites (N-methyl/N-ethyl adjacent to an activating group) is 1. The number of carbonyl (C=O) groups excluding carboxylic acids is 1. The van der Waals surface area contributed by atoms with Crippen LogP contribution in [0.1, 0.15) is 6.92 Å². The first-order chi connectivity index (χ1) is 6.97. The van der Waals surface area contributed by atoms with E-state index < -0.39 is 22.0 Å². The monoisotopic (exact) mass is 232 g/mol. The van der Waals surface area contributed by atoms with E-state index in [-0.39, 0.29) is 4.90 Å². The van der Waals surface area contributed by atoms with Gasteiger partial charge in [-0.1, -0.05) is 0 Å². The normalized spacial score (nSPS) is 13.5. The maximum atomic E-state index is 11.6. The van der Waals surface area contributed by atoms with Gasteiger partial charge in [-0.05, 0) is 6.92 Å². The number of nitrogens with one attached hydrogen (secondary N) is 3. The number of aromatic nitrogens is 2. The van der Waals surface area contributed by atoms with Crippen LogP contribution >= 0.6 is 0 Å². The van der Waals surface area contributed by atoms with Crippen molar-refractivity contribution in [3.8, 4) is 0 Å². The fourth-order valence-corrected chi connectivity index (χ4v) is 2.06. The summed E-state index contributed by atoms with van der Waals surface area (Å²) in [6.45, 7) is 1.45. The first-order valence-electron chi connectivity index (χ1n) is 4.20. The molecular weight excluding hydrogens is 220 g/mol. The summed E-state index contributed by atoms with van der Waals surface area (Å²) in [4.78, 5) is 11.1. The van der Waals surface area contributed by atoms with Gasteiger partial charge in [0.15, 0.2) is 0 Å². The van der Waals surface area contributed by atoms with Crippen LogP contribution in [-0.2, 0) is 14.8 Å². The van der Waals surface area contributed by atoms with E-state index in [0.29, 0.717) is 0 Å². The average molecular weight is 232 g/mol. The lowest BCUT2D eigenvalue weighted by atomic mass is 10.3. The van der Waals surface area contributed by atoms with Crippen LogP contribution in [0.5, 0.6) is 0 Å². The van der Waals surface area contributed by atoms with Crippen molar-refractivity contribution in [1.82, 2.24) is 20.2 Å². The van der Waals surface area contributed by atoms with E-state index in [1.807, 2.05) is 0 Å². The molecule has 0 aliphatic carbocycles. The maximum Gasteiger partial charge on any atom is 0.244 e. The van der Waals surface area contributed by atoms with E-state index in [9.17, 15) is 13.2 Å². The lowest BCUT2D eigenvalue weighted by Crippen LogP contribution is -2.43. The maximum absolute atomic E-state index is 11.6. The Labute approximate surface area is 87.3 Å². The van der Waals surface area contributed by atoms with Crippen molar-refractivity contribution in [2.75, 3.05) is 7.05 Å². The molecule has 0 aliphatic rings. The number of aromatic amines is 1. The van der Waals surface area contributed by atoms with E-state index >= 15 is 0 Å². The first kappa shape index (κ1) is 11.7. The second kappa shape index (κ2) is 4.41. The van der Waals surface area contributed by atoms with Gasteiger partial charge < -0.3 is 5.32 Å². The molecule has 1 heterocycles. The molecule has 8 heteroatoms. The molecule has 1 aromatic heterocycles. The Balaban J connectivity index is 2.78. The van der Waals surface area contributed by atoms with Gasteiger partial charge in [-0.15, -0.1) is 0 Å². The van der Waals surface area contributed by atoms with Crippen molar-refractivity contribution < 1.29 is 13.2 Å². The Kier molecular flexibility index (Phi) is 3.43. The predicted octanol–water partition coefficient (Wildman–Crippen LogP) is -1.18. The van der Waals surface area contributed by atoms with E-state index in [1.54, 1.807) is 0 Å². The molecule has 7 nitrogen and oxygen atoms in total. The molecule has 0 aliphatic heterocycles. The molecule has 1 rings (SSSR count). The standard InChI is InChI=1S/C7H12N4O3S/c1-5(7(12)8-2)11-15(13,14)6-3-9-10-4-6/h3-5,11H,1-2H3,(H,8,12)(H,9,10). The summed E-state index contributed by atoms with van der Waals surface area (Å²) in [7, 11) is -2.24. The van der Waals surface area contributed by atoms with Crippen LogP contribution in [0.3, 0.4) is 0 Å². The summed E-state index contributed by atoms with van der Waals surface area (Å²) in [5, 5.41) is 8.24. The number of hydrogen-bond acceptors (Lipinski definition) is 4. The molecule has 0 radical (unpaired) electrons. The molecule has 1 atom stereocenters. The highest BCUT2D eigenvalue weighted by Crippen LogP contribution is 2.04. The Morgan fingerprint density at radius 3 is 2.73 bits per heavy atom. The molecule has 0 spiro atoms. The molecule has 84 valence electrons. The van der Waals surface area contributed by atoms with Gasteiger partial charge in [0.1, 0.15) is 4.90 Å². The molecule has 0 saturated carbocycles. The van der Waals surface area contributed by atoms with Gasteiger partial charge in [0.25, 0.3) is 0 Å². The van der Waals surface area contributed by atoms with Crippen molar-refractivity contribution in [1.29, 1.82) is 0 Å². The van der Waals surface area contributed by atoms with E-state index in [2.05, 4.69) is 20.2 Å². The Morgan fingerprint density at radius 1 is 1.60 bits per heavy atom. The number of rotatable bonds is 4. The molecule has 3 N–H and O–H groups in total. The van der Waals surface area contributed by atoms with Crippen molar-refractivity contribution in [3.05, 3.63) is 12.4 Å². The molecule has 1 amide bonds. The zero-order valence-corrected chi connectivity index (χ0v) is 9.13. The average Bonchev–Trinajstić information content (AvgIpc) is 2.69.